The van der Waals surface area contributed by atoms with E-state index in [0.29, 0.717) is 17.1 Å². The number of methoxy groups -OCH3 is 1. The van der Waals surface area contributed by atoms with Crippen LogP contribution in [0, 0.1) is 5.82 Å². The maximum atomic E-state index is 13.9. The van der Waals surface area contributed by atoms with Crippen molar-refractivity contribution in [1.82, 2.24) is 4.98 Å². The van der Waals surface area contributed by atoms with Gasteiger partial charge in [0, 0.05) is 29.0 Å². The molecule has 21 heavy (non-hydrogen) atoms. The van der Waals surface area contributed by atoms with Crippen LogP contribution in [0.5, 0.6) is 5.75 Å². The smallest absolute Gasteiger partial charge is 0.146 e. The molecule has 4 nitrogen and oxygen atoms in total. The first-order chi connectivity index (χ1) is 10.2. The Morgan fingerprint density at radius 2 is 1.95 bits per heavy atom. The van der Waals surface area contributed by atoms with Crippen LogP contribution in [0.4, 0.5) is 21.5 Å². The van der Waals surface area contributed by atoms with Gasteiger partial charge in [-0.2, -0.15) is 0 Å². The standard InChI is InChI=1S/C16H14FN3O/c1-21-11-3-5-13(17)16(9-11)20-14-6-7-19-15-8-10(18)2-4-12(14)15/h2-9H,18H2,1H3,(H,19,20). The Hall–Kier alpha value is -2.82. The minimum Gasteiger partial charge on any atom is -0.497 e. The molecule has 1 heterocycles. The fourth-order valence-corrected chi connectivity index (χ4v) is 2.15. The van der Waals surface area contributed by atoms with Crippen LogP contribution in [0.25, 0.3) is 10.9 Å². The van der Waals surface area contributed by atoms with Crippen molar-refractivity contribution in [2.45, 2.75) is 0 Å². The third-order valence-electron chi connectivity index (χ3n) is 3.21. The topological polar surface area (TPSA) is 60.2 Å². The molecule has 0 spiro atoms. The molecule has 0 atom stereocenters. The minimum atomic E-state index is -0.351. The highest BCUT2D eigenvalue weighted by atomic mass is 19.1. The number of nitrogens with one attached hydrogen (secondary N) is 1. The molecule has 106 valence electrons. The largest absolute Gasteiger partial charge is 0.497 e. The average molecular weight is 283 g/mol. The van der Waals surface area contributed by atoms with Crippen molar-refractivity contribution in [3.8, 4) is 5.75 Å². The Bertz CT molecular complexity index is 805. The van der Waals surface area contributed by atoms with E-state index in [1.165, 1.54) is 6.07 Å². The van der Waals surface area contributed by atoms with Gasteiger partial charge in [0.25, 0.3) is 0 Å². The summed E-state index contributed by atoms with van der Waals surface area (Å²) in [4.78, 5) is 4.26. The molecule has 0 amide bonds. The molecule has 2 aromatic carbocycles. The van der Waals surface area contributed by atoms with Crippen LogP contribution in [-0.2, 0) is 0 Å². The van der Waals surface area contributed by atoms with Gasteiger partial charge in [0.2, 0.25) is 0 Å². The lowest BCUT2D eigenvalue weighted by Gasteiger charge is -2.11. The lowest BCUT2D eigenvalue weighted by atomic mass is 10.1. The summed E-state index contributed by atoms with van der Waals surface area (Å²) in [6, 6.07) is 11.8. The first kappa shape index (κ1) is 13.2. The average Bonchev–Trinajstić information content (AvgIpc) is 2.49. The molecule has 3 rings (SSSR count). The van der Waals surface area contributed by atoms with Crippen LogP contribution in [0.2, 0.25) is 0 Å². The van der Waals surface area contributed by atoms with Gasteiger partial charge in [-0.15, -0.1) is 0 Å². The Balaban J connectivity index is 2.06. The molecule has 5 heteroatoms. The maximum Gasteiger partial charge on any atom is 0.146 e. The second-order valence-corrected chi connectivity index (χ2v) is 4.61. The Labute approximate surface area is 121 Å². The van der Waals surface area contributed by atoms with Crippen molar-refractivity contribution in [3.05, 3.63) is 54.5 Å². The number of hydrogen-bond donors (Lipinski definition) is 2. The second kappa shape index (κ2) is 5.28. The van der Waals surface area contributed by atoms with E-state index in [-0.39, 0.29) is 5.82 Å². The SMILES string of the molecule is COc1ccc(F)c(Nc2ccnc3cc(N)ccc23)c1. The predicted molar refractivity (Wildman–Crippen MR) is 82.4 cm³/mol. The van der Waals surface area contributed by atoms with Gasteiger partial charge in [0.15, 0.2) is 0 Å². The number of benzene rings is 2. The normalized spacial score (nSPS) is 10.6. The zero-order valence-electron chi connectivity index (χ0n) is 11.4. The number of aromatic nitrogens is 1. The fraction of sp³-hybridized carbons (Fsp3) is 0.0625. The summed E-state index contributed by atoms with van der Waals surface area (Å²) >= 11 is 0. The van der Waals surface area contributed by atoms with E-state index in [9.17, 15) is 4.39 Å². The molecule has 0 aliphatic rings. The highest BCUT2D eigenvalue weighted by Crippen LogP contribution is 2.29. The minimum absolute atomic E-state index is 0.346. The van der Waals surface area contributed by atoms with Crippen LogP contribution < -0.4 is 15.8 Å². The number of pyridine rings is 1. The second-order valence-electron chi connectivity index (χ2n) is 4.61. The summed E-state index contributed by atoms with van der Waals surface area (Å²) in [6.45, 7) is 0. The molecule has 0 saturated heterocycles. The zero-order valence-corrected chi connectivity index (χ0v) is 11.4. The van der Waals surface area contributed by atoms with Crippen LogP contribution >= 0.6 is 0 Å². The first-order valence-corrected chi connectivity index (χ1v) is 6.42. The lowest BCUT2D eigenvalue weighted by Crippen LogP contribution is -1.97. The number of anilines is 3. The van der Waals surface area contributed by atoms with E-state index in [2.05, 4.69) is 10.3 Å². The van der Waals surface area contributed by atoms with Crippen LogP contribution in [0.15, 0.2) is 48.7 Å². The van der Waals surface area contributed by atoms with Gasteiger partial charge in [-0.25, -0.2) is 4.39 Å². The van der Waals surface area contributed by atoms with Gasteiger partial charge < -0.3 is 15.8 Å². The Kier molecular flexibility index (Phi) is 3.31. The maximum absolute atomic E-state index is 13.9. The summed E-state index contributed by atoms with van der Waals surface area (Å²) in [7, 11) is 1.54. The molecular weight excluding hydrogens is 269 g/mol. The van der Waals surface area contributed by atoms with Crippen LogP contribution in [0.1, 0.15) is 0 Å². The van der Waals surface area contributed by atoms with Gasteiger partial charge in [-0.1, -0.05) is 0 Å². The summed E-state index contributed by atoms with van der Waals surface area (Å²) in [6.07, 6.45) is 1.65. The number of fused-ring (bicyclic) bond motifs is 1. The van der Waals surface area contributed by atoms with Crippen molar-refractivity contribution in [2.75, 3.05) is 18.2 Å². The van der Waals surface area contributed by atoms with E-state index in [1.54, 1.807) is 43.6 Å². The number of nitrogens with two attached hydrogens (primary N) is 1. The lowest BCUT2D eigenvalue weighted by molar-refractivity contribution is 0.414. The highest BCUT2D eigenvalue weighted by Gasteiger charge is 2.07. The molecular formula is C16H14FN3O. The molecule has 0 aliphatic carbocycles. The van der Waals surface area contributed by atoms with Crippen molar-refractivity contribution in [2.24, 2.45) is 0 Å². The Morgan fingerprint density at radius 3 is 2.76 bits per heavy atom. The summed E-state index contributed by atoms with van der Waals surface area (Å²) in [5, 5.41) is 3.94. The molecule has 0 aliphatic heterocycles. The summed E-state index contributed by atoms with van der Waals surface area (Å²) < 4.78 is 19.0. The van der Waals surface area contributed by atoms with Crippen molar-refractivity contribution >= 4 is 28.0 Å². The van der Waals surface area contributed by atoms with E-state index in [1.807, 2.05) is 6.07 Å². The van der Waals surface area contributed by atoms with E-state index < -0.39 is 0 Å². The van der Waals surface area contributed by atoms with Crippen molar-refractivity contribution < 1.29 is 9.13 Å². The van der Waals surface area contributed by atoms with Crippen molar-refractivity contribution in [1.29, 1.82) is 0 Å². The molecule has 0 radical (unpaired) electrons. The van der Waals surface area contributed by atoms with Gasteiger partial charge in [0.1, 0.15) is 11.6 Å². The quantitative estimate of drug-likeness (QED) is 0.719. The van der Waals surface area contributed by atoms with Gasteiger partial charge in [-0.05, 0) is 36.4 Å². The molecule has 3 N–H and O–H groups in total. The number of ether oxygens (including phenoxy) is 1. The number of nitrogen functional groups attached to an aromatic ring is 1. The van der Waals surface area contributed by atoms with Crippen LogP contribution in [0.3, 0.4) is 0 Å². The number of nitrogens with zero attached hydrogens (tertiary/aromatic N) is 1. The molecule has 0 fully saturated rings. The first-order valence-electron chi connectivity index (χ1n) is 6.42. The number of halogens is 1. The summed E-state index contributed by atoms with van der Waals surface area (Å²) in [5.41, 5.74) is 8.25. The van der Waals surface area contributed by atoms with Gasteiger partial charge in [0.05, 0.1) is 18.3 Å². The van der Waals surface area contributed by atoms with Crippen molar-refractivity contribution in [3.63, 3.8) is 0 Å². The zero-order chi connectivity index (χ0) is 14.8. The van der Waals surface area contributed by atoms with E-state index >= 15 is 0 Å². The molecule has 0 bridgehead atoms. The highest BCUT2D eigenvalue weighted by molar-refractivity contribution is 5.94. The molecule has 3 aromatic rings. The third kappa shape index (κ3) is 2.58. The van der Waals surface area contributed by atoms with E-state index in [0.717, 1.165) is 16.6 Å². The molecule has 0 saturated carbocycles. The van der Waals surface area contributed by atoms with Gasteiger partial charge in [-0.3, -0.25) is 4.98 Å². The molecule has 1 aromatic heterocycles. The van der Waals surface area contributed by atoms with Gasteiger partial charge >= 0.3 is 0 Å². The van der Waals surface area contributed by atoms with E-state index in [4.69, 9.17) is 10.5 Å². The summed E-state index contributed by atoms with van der Waals surface area (Å²) in [5.74, 6) is 0.234. The van der Waals surface area contributed by atoms with Crippen LogP contribution in [-0.4, -0.2) is 12.1 Å². The predicted octanol–water partition coefficient (Wildman–Crippen LogP) is 3.71. The number of hydrogen-bond acceptors (Lipinski definition) is 4. The molecule has 0 unspecified atom stereocenters. The monoisotopic (exact) mass is 283 g/mol. The Morgan fingerprint density at radius 1 is 1.10 bits per heavy atom. The number of rotatable bonds is 3. The third-order valence-corrected chi connectivity index (χ3v) is 3.21. The fourth-order valence-electron chi connectivity index (χ4n) is 2.15.